The molecule has 0 bridgehead atoms. The Morgan fingerprint density at radius 1 is 1.03 bits per heavy atom. The second-order valence-electron chi connectivity index (χ2n) is 6.81. The summed E-state index contributed by atoms with van der Waals surface area (Å²) in [5, 5.41) is 0. The van der Waals surface area contributed by atoms with Gasteiger partial charge in [-0.25, -0.2) is 22.9 Å². The molecule has 0 aliphatic carbocycles. The number of nitrogens with zero attached hydrogens (tertiary/aromatic N) is 1. The molecule has 1 N–H and O–H groups in total. The maximum Gasteiger partial charge on any atom is 0.337 e. The monoisotopic (exact) mass is 456 g/mol. The first-order valence-corrected chi connectivity index (χ1v) is 11.3. The van der Waals surface area contributed by atoms with Gasteiger partial charge in [-0.05, 0) is 73.5 Å². The van der Waals surface area contributed by atoms with Crippen LogP contribution in [0.15, 0.2) is 65.7 Å². The van der Waals surface area contributed by atoms with Gasteiger partial charge in [0.05, 0.1) is 24.2 Å². The van der Waals surface area contributed by atoms with Crippen molar-refractivity contribution in [1.82, 2.24) is 9.71 Å². The summed E-state index contributed by atoms with van der Waals surface area (Å²) in [6.45, 7) is 4.15. The lowest BCUT2D eigenvalue weighted by molar-refractivity contribution is 0.0600. The minimum Gasteiger partial charge on any atom is -0.494 e. The zero-order chi connectivity index (χ0) is 23.1. The predicted molar refractivity (Wildman–Crippen MR) is 118 cm³/mol. The standard InChI is InChI=1S/C23H24N2O6S/c1-4-30-19-6-8-20(9-7-19)31-22-14-17(11-12-24-22)15-25-32(27,28)21-10-5-18(13-16(21)2)23(26)29-3/h5-14,25H,4,15H2,1-3H3. The van der Waals surface area contributed by atoms with Crippen LogP contribution in [0.5, 0.6) is 17.4 Å². The van der Waals surface area contributed by atoms with Crippen LogP contribution in [0, 0.1) is 6.92 Å². The number of benzene rings is 2. The van der Waals surface area contributed by atoms with E-state index in [1.807, 2.05) is 6.92 Å². The summed E-state index contributed by atoms with van der Waals surface area (Å²) >= 11 is 0. The Labute approximate surface area is 187 Å². The number of pyridine rings is 1. The number of esters is 1. The Hall–Kier alpha value is -3.43. The van der Waals surface area contributed by atoms with Crippen molar-refractivity contribution < 1.29 is 27.4 Å². The Bertz CT molecular complexity index is 1190. The van der Waals surface area contributed by atoms with E-state index >= 15 is 0 Å². The second kappa shape index (κ2) is 10.3. The van der Waals surface area contributed by atoms with Gasteiger partial charge in [0.15, 0.2) is 0 Å². The van der Waals surface area contributed by atoms with Gasteiger partial charge in [-0.1, -0.05) is 0 Å². The number of aryl methyl sites for hydroxylation is 1. The van der Waals surface area contributed by atoms with Crippen LogP contribution < -0.4 is 14.2 Å². The number of aromatic nitrogens is 1. The zero-order valence-electron chi connectivity index (χ0n) is 18.0. The normalized spacial score (nSPS) is 11.1. The topological polar surface area (TPSA) is 104 Å². The van der Waals surface area contributed by atoms with Crippen molar-refractivity contribution >= 4 is 16.0 Å². The van der Waals surface area contributed by atoms with Gasteiger partial charge in [0, 0.05) is 18.8 Å². The molecule has 1 heterocycles. The third-order valence-electron chi connectivity index (χ3n) is 4.51. The van der Waals surface area contributed by atoms with Crippen LogP contribution in [0.25, 0.3) is 0 Å². The number of hydrogen-bond acceptors (Lipinski definition) is 7. The van der Waals surface area contributed by atoms with Gasteiger partial charge in [-0.3, -0.25) is 0 Å². The van der Waals surface area contributed by atoms with Crippen LogP contribution in [0.3, 0.4) is 0 Å². The summed E-state index contributed by atoms with van der Waals surface area (Å²) in [7, 11) is -2.53. The van der Waals surface area contributed by atoms with E-state index in [1.54, 1.807) is 49.5 Å². The van der Waals surface area contributed by atoms with Gasteiger partial charge < -0.3 is 14.2 Å². The molecule has 2 aromatic carbocycles. The number of rotatable bonds is 9. The molecule has 0 atom stereocenters. The first-order chi connectivity index (χ1) is 15.3. The summed E-state index contributed by atoms with van der Waals surface area (Å²) in [6.07, 6.45) is 1.55. The molecule has 32 heavy (non-hydrogen) atoms. The predicted octanol–water partition coefficient (Wildman–Crippen LogP) is 3.85. The van der Waals surface area contributed by atoms with Crippen molar-refractivity contribution in [3.63, 3.8) is 0 Å². The molecule has 0 unspecified atom stereocenters. The Balaban J connectivity index is 1.68. The lowest BCUT2D eigenvalue weighted by Gasteiger charge is -2.11. The Kier molecular flexibility index (Phi) is 7.45. The lowest BCUT2D eigenvalue weighted by Crippen LogP contribution is -2.24. The van der Waals surface area contributed by atoms with Crippen molar-refractivity contribution in [1.29, 1.82) is 0 Å². The highest BCUT2D eigenvalue weighted by Crippen LogP contribution is 2.23. The first kappa shape index (κ1) is 23.2. The van der Waals surface area contributed by atoms with E-state index in [-0.39, 0.29) is 17.0 Å². The van der Waals surface area contributed by atoms with Crippen LogP contribution in [0.1, 0.15) is 28.4 Å². The first-order valence-electron chi connectivity index (χ1n) is 9.86. The van der Waals surface area contributed by atoms with Gasteiger partial charge in [-0.15, -0.1) is 0 Å². The summed E-state index contributed by atoms with van der Waals surface area (Å²) in [5.41, 5.74) is 1.40. The molecule has 0 amide bonds. The van der Waals surface area contributed by atoms with E-state index in [1.165, 1.54) is 25.3 Å². The van der Waals surface area contributed by atoms with Crippen LogP contribution in [-0.2, 0) is 21.3 Å². The smallest absolute Gasteiger partial charge is 0.337 e. The second-order valence-corrected chi connectivity index (χ2v) is 8.54. The summed E-state index contributed by atoms with van der Waals surface area (Å²) < 4.78 is 43.9. The van der Waals surface area contributed by atoms with E-state index < -0.39 is 16.0 Å². The van der Waals surface area contributed by atoms with Gasteiger partial charge in [-0.2, -0.15) is 0 Å². The van der Waals surface area contributed by atoms with Gasteiger partial charge >= 0.3 is 5.97 Å². The van der Waals surface area contributed by atoms with Crippen molar-refractivity contribution in [2.45, 2.75) is 25.3 Å². The SMILES string of the molecule is CCOc1ccc(Oc2cc(CNS(=O)(=O)c3ccc(C(=O)OC)cc3C)ccn2)cc1. The number of carbonyl (C=O) groups is 1. The third kappa shape index (κ3) is 5.83. The van der Waals surface area contributed by atoms with E-state index in [0.29, 0.717) is 29.4 Å². The van der Waals surface area contributed by atoms with Crippen LogP contribution in [0.2, 0.25) is 0 Å². The number of nitrogens with one attached hydrogen (secondary N) is 1. The van der Waals surface area contributed by atoms with Crippen LogP contribution in [0.4, 0.5) is 0 Å². The van der Waals surface area contributed by atoms with Crippen molar-refractivity contribution in [3.8, 4) is 17.4 Å². The quantitative estimate of drug-likeness (QED) is 0.488. The lowest BCUT2D eigenvalue weighted by atomic mass is 10.1. The third-order valence-corrected chi connectivity index (χ3v) is 6.07. The van der Waals surface area contributed by atoms with Gasteiger partial charge in [0.2, 0.25) is 15.9 Å². The highest BCUT2D eigenvalue weighted by molar-refractivity contribution is 7.89. The van der Waals surface area contributed by atoms with E-state index in [2.05, 4.69) is 14.4 Å². The van der Waals surface area contributed by atoms with Crippen molar-refractivity contribution in [3.05, 3.63) is 77.5 Å². The molecule has 3 aromatic rings. The number of carbonyl (C=O) groups excluding carboxylic acids is 1. The van der Waals surface area contributed by atoms with E-state index in [0.717, 1.165) is 5.75 Å². The number of sulfonamides is 1. The van der Waals surface area contributed by atoms with E-state index in [9.17, 15) is 13.2 Å². The maximum atomic E-state index is 12.8. The summed E-state index contributed by atoms with van der Waals surface area (Å²) in [5.74, 6) is 1.14. The number of hydrogen-bond donors (Lipinski definition) is 1. The molecule has 168 valence electrons. The summed E-state index contributed by atoms with van der Waals surface area (Å²) in [6, 6.07) is 14.8. The average molecular weight is 457 g/mol. The molecule has 3 rings (SSSR count). The fraction of sp³-hybridized carbons (Fsp3) is 0.217. The fourth-order valence-corrected chi connectivity index (χ4v) is 4.20. The molecule has 0 saturated carbocycles. The molecule has 9 heteroatoms. The van der Waals surface area contributed by atoms with Gasteiger partial charge in [0.25, 0.3) is 0 Å². The largest absolute Gasteiger partial charge is 0.494 e. The highest BCUT2D eigenvalue weighted by atomic mass is 32.2. The molecule has 0 aliphatic rings. The van der Waals surface area contributed by atoms with Crippen LogP contribution in [-0.4, -0.2) is 33.1 Å². The van der Waals surface area contributed by atoms with Crippen molar-refractivity contribution in [2.75, 3.05) is 13.7 Å². The Morgan fingerprint density at radius 3 is 2.41 bits per heavy atom. The molecule has 8 nitrogen and oxygen atoms in total. The molecule has 1 aromatic heterocycles. The maximum absolute atomic E-state index is 12.8. The van der Waals surface area contributed by atoms with Gasteiger partial charge in [0.1, 0.15) is 11.5 Å². The number of methoxy groups -OCH3 is 1. The van der Waals surface area contributed by atoms with E-state index in [4.69, 9.17) is 9.47 Å². The summed E-state index contributed by atoms with van der Waals surface area (Å²) in [4.78, 5) is 15.9. The average Bonchev–Trinajstić information content (AvgIpc) is 2.79. The molecule has 0 spiro atoms. The minimum absolute atomic E-state index is 0.0443. The molecular weight excluding hydrogens is 432 g/mol. The molecule has 0 aliphatic heterocycles. The zero-order valence-corrected chi connectivity index (χ0v) is 18.8. The molecular formula is C23H24N2O6S. The highest BCUT2D eigenvalue weighted by Gasteiger charge is 2.18. The molecule has 0 radical (unpaired) electrons. The minimum atomic E-state index is -3.80. The molecule has 0 fully saturated rings. The molecule has 0 saturated heterocycles. The number of ether oxygens (including phenoxy) is 3. The fourth-order valence-electron chi connectivity index (χ4n) is 2.96. The van der Waals surface area contributed by atoms with Crippen LogP contribution >= 0.6 is 0 Å². The Morgan fingerprint density at radius 2 is 1.75 bits per heavy atom. The van der Waals surface area contributed by atoms with Crippen molar-refractivity contribution in [2.24, 2.45) is 0 Å².